The largest absolute Gasteiger partial charge is 0.444 e. The molecule has 1 aromatic heterocycles. The van der Waals surface area contributed by atoms with Gasteiger partial charge in [-0.3, -0.25) is 0 Å². The van der Waals surface area contributed by atoms with Gasteiger partial charge in [-0.15, -0.1) is 0 Å². The Bertz CT molecular complexity index is 936. The van der Waals surface area contributed by atoms with Crippen molar-refractivity contribution in [3.05, 3.63) is 40.0 Å². The van der Waals surface area contributed by atoms with E-state index in [2.05, 4.69) is 20.6 Å². The van der Waals surface area contributed by atoms with Crippen LogP contribution in [0.4, 0.5) is 35.4 Å². The van der Waals surface area contributed by atoms with Crippen LogP contribution in [0.5, 0.6) is 0 Å². The minimum Gasteiger partial charge on any atom is -0.444 e. The topological polar surface area (TPSA) is 79.4 Å². The quantitative estimate of drug-likeness (QED) is 0.542. The number of alkyl halides is 3. The van der Waals surface area contributed by atoms with Gasteiger partial charge in [0.25, 0.3) is 0 Å². The fourth-order valence-corrected chi connectivity index (χ4v) is 2.56. The zero-order chi connectivity index (χ0) is 23.4. The highest BCUT2D eigenvalue weighted by Gasteiger charge is 2.35. The van der Waals surface area contributed by atoms with Crippen LogP contribution in [0.2, 0.25) is 10.0 Å². The molecule has 1 heterocycles. The monoisotopic (exact) mass is 479 g/mol. The molecule has 170 valence electrons. The van der Waals surface area contributed by atoms with Crippen LogP contribution in [0.25, 0.3) is 0 Å². The molecule has 0 spiro atoms. The molecule has 1 aromatic carbocycles. The molecular formula is C19H22Cl2F3N5O2. The first-order valence-electron chi connectivity index (χ1n) is 9.10. The summed E-state index contributed by atoms with van der Waals surface area (Å²) in [5.41, 5.74) is -1.27. The van der Waals surface area contributed by atoms with Crippen molar-refractivity contribution in [3.8, 4) is 0 Å². The van der Waals surface area contributed by atoms with Crippen LogP contribution < -0.4 is 10.6 Å². The number of halogens is 5. The van der Waals surface area contributed by atoms with Crippen molar-refractivity contribution in [2.45, 2.75) is 32.5 Å². The van der Waals surface area contributed by atoms with Crippen LogP contribution >= 0.6 is 23.2 Å². The van der Waals surface area contributed by atoms with E-state index in [1.165, 1.54) is 24.1 Å². The zero-order valence-electron chi connectivity index (χ0n) is 17.3. The molecule has 0 unspecified atom stereocenters. The molecule has 0 radical (unpaired) electrons. The highest BCUT2D eigenvalue weighted by atomic mass is 35.5. The molecule has 0 aliphatic heterocycles. The lowest BCUT2D eigenvalue weighted by Gasteiger charge is -2.25. The zero-order valence-corrected chi connectivity index (χ0v) is 18.8. The summed E-state index contributed by atoms with van der Waals surface area (Å²) in [4.78, 5) is 20.9. The van der Waals surface area contributed by atoms with E-state index in [-0.39, 0.29) is 24.1 Å². The fourth-order valence-electron chi connectivity index (χ4n) is 2.26. The Labute approximate surface area is 187 Å². The maximum Gasteiger partial charge on any atom is 0.421 e. The second kappa shape index (κ2) is 9.78. The standard InChI is InChI=1S/C19H22Cl2F3N5O2/c1-18(2,3)31-17(30)29(4)8-7-25-15-12(19(22,23)24)10-26-16(28-15)27-11-5-6-13(20)14(21)9-11/h5-6,9-10H,7-8H2,1-4H3,(H2,25,26,27,28). The van der Waals surface area contributed by atoms with Gasteiger partial charge in [0.2, 0.25) is 5.95 Å². The van der Waals surface area contributed by atoms with Crippen LogP contribution in [-0.2, 0) is 10.9 Å². The lowest BCUT2D eigenvalue weighted by Crippen LogP contribution is -2.36. The van der Waals surface area contributed by atoms with Gasteiger partial charge in [-0.2, -0.15) is 18.2 Å². The molecule has 7 nitrogen and oxygen atoms in total. The molecule has 2 aromatic rings. The molecule has 2 N–H and O–H groups in total. The van der Waals surface area contributed by atoms with Gasteiger partial charge in [0, 0.05) is 32.0 Å². The van der Waals surface area contributed by atoms with E-state index in [0.29, 0.717) is 16.9 Å². The number of ether oxygens (including phenoxy) is 1. The number of hydrogen-bond acceptors (Lipinski definition) is 6. The lowest BCUT2D eigenvalue weighted by atomic mass is 10.2. The summed E-state index contributed by atoms with van der Waals surface area (Å²) in [6.45, 7) is 5.25. The number of nitrogens with one attached hydrogen (secondary N) is 2. The third-order valence-electron chi connectivity index (χ3n) is 3.71. The maximum absolute atomic E-state index is 13.3. The van der Waals surface area contributed by atoms with Gasteiger partial charge in [-0.25, -0.2) is 9.78 Å². The minimum atomic E-state index is -4.67. The third kappa shape index (κ3) is 7.62. The van der Waals surface area contributed by atoms with E-state index < -0.39 is 29.3 Å². The van der Waals surface area contributed by atoms with Gasteiger partial charge < -0.3 is 20.3 Å². The number of amides is 1. The van der Waals surface area contributed by atoms with Crippen molar-refractivity contribution in [2.24, 2.45) is 0 Å². The Morgan fingerprint density at radius 1 is 1.19 bits per heavy atom. The number of likely N-dealkylation sites (N-methyl/N-ethyl adjacent to an activating group) is 1. The number of benzene rings is 1. The molecule has 0 aliphatic rings. The molecule has 0 aliphatic carbocycles. The van der Waals surface area contributed by atoms with Crippen LogP contribution in [0.15, 0.2) is 24.4 Å². The van der Waals surface area contributed by atoms with Gasteiger partial charge in [0.15, 0.2) is 0 Å². The second-order valence-electron chi connectivity index (χ2n) is 7.54. The summed E-state index contributed by atoms with van der Waals surface area (Å²) >= 11 is 11.8. The van der Waals surface area contributed by atoms with Gasteiger partial charge in [0.05, 0.1) is 10.0 Å². The molecule has 2 rings (SSSR count). The van der Waals surface area contributed by atoms with E-state index in [1.54, 1.807) is 26.8 Å². The van der Waals surface area contributed by atoms with Crippen molar-refractivity contribution in [1.82, 2.24) is 14.9 Å². The normalized spacial score (nSPS) is 11.8. The first-order chi connectivity index (χ1) is 14.3. The van der Waals surface area contributed by atoms with Gasteiger partial charge in [0.1, 0.15) is 17.0 Å². The molecule has 0 saturated heterocycles. The number of carbonyl (C=O) groups excluding carboxylic acids is 1. The number of nitrogens with zero attached hydrogens (tertiary/aromatic N) is 3. The molecule has 0 bridgehead atoms. The summed E-state index contributed by atoms with van der Waals surface area (Å²) in [6, 6.07) is 4.61. The van der Waals surface area contributed by atoms with Crippen molar-refractivity contribution in [2.75, 3.05) is 30.8 Å². The van der Waals surface area contributed by atoms with Crippen molar-refractivity contribution in [1.29, 1.82) is 0 Å². The molecule has 0 atom stereocenters. The number of carbonyl (C=O) groups is 1. The predicted molar refractivity (Wildman–Crippen MR) is 114 cm³/mol. The molecule has 31 heavy (non-hydrogen) atoms. The van der Waals surface area contributed by atoms with Crippen molar-refractivity contribution in [3.63, 3.8) is 0 Å². The van der Waals surface area contributed by atoms with Crippen LogP contribution in [0.3, 0.4) is 0 Å². The second-order valence-corrected chi connectivity index (χ2v) is 8.35. The van der Waals surface area contributed by atoms with E-state index in [4.69, 9.17) is 27.9 Å². The number of hydrogen-bond donors (Lipinski definition) is 2. The predicted octanol–water partition coefficient (Wildman–Crippen LogP) is 5.82. The van der Waals surface area contributed by atoms with Gasteiger partial charge >= 0.3 is 12.3 Å². The van der Waals surface area contributed by atoms with Gasteiger partial charge in [-0.1, -0.05) is 23.2 Å². The van der Waals surface area contributed by atoms with E-state index in [9.17, 15) is 18.0 Å². The summed E-state index contributed by atoms with van der Waals surface area (Å²) in [5, 5.41) is 5.98. The number of aromatic nitrogens is 2. The third-order valence-corrected chi connectivity index (χ3v) is 4.45. The smallest absolute Gasteiger partial charge is 0.421 e. The first-order valence-corrected chi connectivity index (χ1v) is 9.86. The SMILES string of the molecule is CN(CCNc1nc(Nc2ccc(Cl)c(Cl)c2)ncc1C(F)(F)F)C(=O)OC(C)(C)C. The Hall–Kier alpha value is -2.46. The fraction of sp³-hybridized carbons (Fsp3) is 0.421. The lowest BCUT2D eigenvalue weighted by molar-refractivity contribution is -0.137. The van der Waals surface area contributed by atoms with E-state index in [1.807, 2.05) is 0 Å². The Kier molecular flexibility index (Phi) is 7.82. The molecular weight excluding hydrogens is 458 g/mol. The van der Waals surface area contributed by atoms with Crippen molar-refractivity contribution < 1.29 is 22.7 Å². The molecule has 1 amide bonds. The Balaban J connectivity index is 2.13. The maximum atomic E-state index is 13.3. The van der Waals surface area contributed by atoms with E-state index in [0.717, 1.165) is 0 Å². The number of anilines is 3. The Morgan fingerprint density at radius 3 is 2.45 bits per heavy atom. The first kappa shape index (κ1) is 24.8. The van der Waals surface area contributed by atoms with E-state index >= 15 is 0 Å². The molecule has 0 fully saturated rings. The minimum absolute atomic E-state index is 0.00203. The summed E-state index contributed by atoms with van der Waals surface area (Å²) in [5.74, 6) is -0.503. The summed E-state index contributed by atoms with van der Waals surface area (Å²) in [6.07, 6.45) is -4.58. The highest BCUT2D eigenvalue weighted by molar-refractivity contribution is 6.42. The number of rotatable bonds is 6. The van der Waals surface area contributed by atoms with Crippen molar-refractivity contribution >= 4 is 46.7 Å². The summed E-state index contributed by atoms with van der Waals surface area (Å²) < 4.78 is 45.2. The molecule has 12 heteroatoms. The van der Waals surface area contributed by atoms with Gasteiger partial charge in [-0.05, 0) is 39.0 Å². The van der Waals surface area contributed by atoms with Crippen LogP contribution in [0, 0.1) is 0 Å². The van der Waals surface area contributed by atoms with Crippen LogP contribution in [0.1, 0.15) is 26.3 Å². The Morgan fingerprint density at radius 2 is 1.87 bits per heavy atom. The highest BCUT2D eigenvalue weighted by Crippen LogP contribution is 2.34. The summed E-state index contributed by atoms with van der Waals surface area (Å²) in [7, 11) is 1.48. The average Bonchev–Trinajstić information content (AvgIpc) is 2.62. The average molecular weight is 480 g/mol. The van der Waals surface area contributed by atoms with Crippen LogP contribution in [-0.4, -0.2) is 46.7 Å². The molecule has 0 saturated carbocycles.